The van der Waals surface area contributed by atoms with Crippen LogP contribution in [0.5, 0.6) is 11.5 Å². The van der Waals surface area contributed by atoms with E-state index in [-0.39, 0.29) is 0 Å². The first kappa shape index (κ1) is 21.2. The Bertz CT molecular complexity index is 1090. The topological polar surface area (TPSA) is 59.2 Å². The Labute approximate surface area is 187 Å². The zero-order valence-electron chi connectivity index (χ0n) is 17.5. The summed E-state index contributed by atoms with van der Waals surface area (Å²) < 4.78 is 12.0. The molecule has 5 nitrogen and oxygen atoms in total. The van der Waals surface area contributed by atoms with Crippen LogP contribution in [0.25, 0.3) is 11.0 Å². The molecular formula is C25H26ClN3O2. The predicted molar refractivity (Wildman–Crippen MR) is 125 cm³/mol. The lowest BCUT2D eigenvalue weighted by atomic mass is 10.1. The fourth-order valence-electron chi connectivity index (χ4n) is 3.42. The van der Waals surface area contributed by atoms with Crippen molar-refractivity contribution >= 4 is 22.6 Å². The molecular weight excluding hydrogens is 410 g/mol. The van der Waals surface area contributed by atoms with Crippen molar-refractivity contribution in [3.8, 4) is 11.5 Å². The van der Waals surface area contributed by atoms with Gasteiger partial charge >= 0.3 is 0 Å². The van der Waals surface area contributed by atoms with Crippen molar-refractivity contribution in [2.24, 2.45) is 0 Å². The minimum atomic E-state index is 0.452. The number of hydrogen-bond acceptors (Lipinski definition) is 4. The highest BCUT2D eigenvalue weighted by molar-refractivity contribution is 6.30. The van der Waals surface area contributed by atoms with Crippen LogP contribution in [0.2, 0.25) is 5.02 Å². The molecule has 31 heavy (non-hydrogen) atoms. The van der Waals surface area contributed by atoms with Crippen LogP contribution < -0.4 is 14.8 Å². The first-order valence-corrected chi connectivity index (χ1v) is 10.9. The highest BCUT2D eigenvalue weighted by Crippen LogP contribution is 2.32. The van der Waals surface area contributed by atoms with Crippen LogP contribution in [0.1, 0.15) is 23.9 Å². The number of ether oxygens (including phenoxy) is 2. The smallest absolute Gasteiger partial charge is 0.166 e. The minimum absolute atomic E-state index is 0.452. The third-order valence-electron chi connectivity index (χ3n) is 4.95. The summed E-state index contributed by atoms with van der Waals surface area (Å²) in [7, 11) is 0. The molecule has 0 radical (unpaired) electrons. The van der Waals surface area contributed by atoms with Gasteiger partial charge in [0.2, 0.25) is 0 Å². The van der Waals surface area contributed by atoms with E-state index in [4.69, 9.17) is 21.1 Å². The zero-order chi connectivity index (χ0) is 21.5. The number of fused-ring (bicyclic) bond motifs is 1. The number of imidazole rings is 1. The second-order valence-corrected chi connectivity index (χ2v) is 7.66. The van der Waals surface area contributed by atoms with E-state index in [0.717, 1.165) is 52.4 Å². The van der Waals surface area contributed by atoms with Crippen molar-refractivity contribution in [1.82, 2.24) is 15.3 Å². The normalized spacial score (nSPS) is 11.0. The van der Waals surface area contributed by atoms with Crippen LogP contribution in [0.4, 0.5) is 0 Å². The Balaban J connectivity index is 1.39. The van der Waals surface area contributed by atoms with Gasteiger partial charge in [0.1, 0.15) is 12.4 Å². The molecule has 2 N–H and O–H groups in total. The van der Waals surface area contributed by atoms with Gasteiger partial charge in [0, 0.05) is 30.1 Å². The number of aromatic amines is 1. The summed E-state index contributed by atoms with van der Waals surface area (Å²) >= 11 is 5.98. The molecule has 0 saturated heterocycles. The largest absolute Gasteiger partial charge is 0.490 e. The molecule has 0 fully saturated rings. The number of aromatic nitrogens is 2. The molecule has 0 atom stereocenters. The van der Waals surface area contributed by atoms with Crippen LogP contribution in [-0.2, 0) is 19.6 Å². The quantitative estimate of drug-likeness (QED) is 0.322. The van der Waals surface area contributed by atoms with Gasteiger partial charge < -0.3 is 19.8 Å². The molecule has 0 aliphatic carbocycles. The standard InChI is InChI=1S/C25H26ClN3O2/c1-2-30-23-9-5-6-19(25(23)31-17-18-10-12-20(26)13-11-18)16-27-15-14-24-28-21-7-3-4-8-22(21)29-24/h3-13,27H,2,14-17H2,1H3,(H,28,29). The van der Waals surface area contributed by atoms with Crippen molar-refractivity contribution in [1.29, 1.82) is 0 Å². The number of nitrogens with zero attached hydrogens (tertiary/aromatic N) is 1. The second kappa shape index (κ2) is 10.3. The van der Waals surface area contributed by atoms with E-state index >= 15 is 0 Å². The molecule has 0 aliphatic rings. The lowest BCUT2D eigenvalue weighted by molar-refractivity contribution is 0.266. The first-order chi connectivity index (χ1) is 15.2. The molecule has 3 aromatic carbocycles. The monoisotopic (exact) mass is 435 g/mol. The van der Waals surface area contributed by atoms with Crippen molar-refractivity contribution in [2.45, 2.75) is 26.5 Å². The molecule has 0 unspecified atom stereocenters. The number of para-hydroxylation sites is 3. The van der Waals surface area contributed by atoms with Crippen molar-refractivity contribution in [2.75, 3.05) is 13.2 Å². The number of nitrogens with one attached hydrogen (secondary N) is 2. The van der Waals surface area contributed by atoms with Gasteiger partial charge in [-0.1, -0.05) is 48.0 Å². The first-order valence-electron chi connectivity index (χ1n) is 10.5. The van der Waals surface area contributed by atoms with Crippen LogP contribution >= 0.6 is 11.6 Å². The predicted octanol–water partition coefficient (Wildman–Crippen LogP) is 5.53. The number of benzene rings is 3. The number of hydrogen-bond donors (Lipinski definition) is 2. The highest BCUT2D eigenvalue weighted by atomic mass is 35.5. The Hall–Kier alpha value is -3.02. The Morgan fingerprint density at radius 3 is 2.61 bits per heavy atom. The van der Waals surface area contributed by atoms with Crippen molar-refractivity contribution in [3.05, 3.63) is 88.7 Å². The van der Waals surface area contributed by atoms with E-state index in [9.17, 15) is 0 Å². The van der Waals surface area contributed by atoms with E-state index in [0.29, 0.717) is 24.8 Å². The van der Waals surface area contributed by atoms with Crippen LogP contribution in [0, 0.1) is 0 Å². The summed E-state index contributed by atoms with van der Waals surface area (Å²) in [5.41, 5.74) is 4.18. The average molecular weight is 436 g/mol. The average Bonchev–Trinajstić information content (AvgIpc) is 3.20. The van der Waals surface area contributed by atoms with Gasteiger partial charge in [-0.15, -0.1) is 0 Å². The van der Waals surface area contributed by atoms with Gasteiger partial charge in [-0.3, -0.25) is 0 Å². The van der Waals surface area contributed by atoms with E-state index in [1.165, 1.54) is 0 Å². The maximum Gasteiger partial charge on any atom is 0.166 e. The number of H-pyrrole nitrogens is 1. The lowest BCUT2D eigenvalue weighted by Gasteiger charge is -2.16. The third-order valence-corrected chi connectivity index (χ3v) is 5.20. The van der Waals surface area contributed by atoms with Gasteiger partial charge in [-0.25, -0.2) is 4.98 Å². The number of rotatable bonds is 10. The van der Waals surface area contributed by atoms with Gasteiger partial charge in [-0.05, 0) is 42.8 Å². The minimum Gasteiger partial charge on any atom is -0.490 e. The summed E-state index contributed by atoms with van der Waals surface area (Å²) in [5, 5.41) is 4.21. The Morgan fingerprint density at radius 2 is 1.81 bits per heavy atom. The maximum absolute atomic E-state index is 6.18. The van der Waals surface area contributed by atoms with E-state index in [1.54, 1.807) is 0 Å². The molecule has 4 rings (SSSR count). The molecule has 160 valence electrons. The van der Waals surface area contributed by atoms with Crippen LogP contribution in [-0.4, -0.2) is 23.1 Å². The SMILES string of the molecule is CCOc1cccc(CNCCc2nc3ccccc3[nH]2)c1OCc1ccc(Cl)cc1. The zero-order valence-corrected chi connectivity index (χ0v) is 18.3. The summed E-state index contributed by atoms with van der Waals surface area (Å²) in [4.78, 5) is 8.00. The molecule has 1 heterocycles. The summed E-state index contributed by atoms with van der Waals surface area (Å²) in [5.74, 6) is 2.51. The Morgan fingerprint density at radius 1 is 0.968 bits per heavy atom. The van der Waals surface area contributed by atoms with Crippen LogP contribution in [0.15, 0.2) is 66.7 Å². The molecule has 0 bridgehead atoms. The molecule has 0 saturated carbocycles. The van der Waals surface area contributed by atoms with Crippen LogP contribution in [0.3, 0.4) is 0 Å². The van der Waals surface area contributed by atoms with E-state index < -0.39 is 0 Å². The Kier molecular flexibility index (Phi) is 7.07. The summed E-state index contributed by atoms with van der Waals surface area (Å²) in [6.07, 6.45) is 0.820. The van der Waals surface area contributed by atoms with Gasteiger partial charge in [0.15, 0.2) is 11.5 Å². The lowest BCUT2D eigenvalue weighted by Crippen LogP contribution is -2.18. The summed E-state index contributed by atoms with van der Waals surface area (Å²) in [6, 6.07) is 21.8. The van der Waals surface area contributed by atoms with Gasteiger partial charge in [0.25, 0.3) is 0 Å². The van der Waals surface area contributed by atoms with Gasteiger partial charge in [0.05, 0.1) is 17.6 Å². The molecule has 1 aromatic heterocycles. The van der Waals surface area contributed by atoms with E-state index in [1.807, 2.05) is 67.6 Å². The number of halogens is 1. The highest BCUT2D eigenvalue weighted by Gasteiger charge is 2.12. The van der Waals surface area contributed by atoms with Gasteiger partial charge in [-0.2, -0.15) is 0 Å². The van der Waals surface area contributed by atoms with Crippen molar-refractivity contribution < 1.29 is 9.47 Å². The molecule has 0 aliphatic heterocycles. The van der Waals surface area contributed by atoms with E-state index in [2.05, 4.69) is 21.4 Å². The summed E-state index contributed by atoms with van der Waals surface area (Å²) in [6.45, 7) is 4.49. The molecule has 0 amide bonds. The molecule has 0 spiro atoms. The fourth-order valence-corrected chi connectivity index (χ4v) is 3.55. The molecule has 6 heteroatoms. The molecule has 4 aromatic rings. The second-order valence-electron chi connectivity index (χ2n) is 7.22. The fraction of sp³-hybridized carbons (Fsp3) is 0.240. The van der Waals surface area contributed by atoms with Crippen molar-refractivity contribution in [3.63, 3.8) is 0 Å². The third kappa shape index (κ3) is 5.57. The maximum atomic E-state index is 6.18.